The number of hydrogen-bond acceptors (Lipinski definition) is 7. The van der Waals surface area contributed by atoms with Crippen molar-refractivity contribution >= 4 is 38.6 Å². The van der Waals surface area contributed by atoms with Crippen LogP contribution in [0.15, 0.2) is 45.1 Å². The zero-order valence-corrected chi connectivity index (χ0v) is 15.9. The van der Waals surface area contributed by atoms with Crippen LogP contribution in [0.3, 0.4) is 0 Å². The van der Waals surface area contributed by atoms with Crippen molar-refractivity contribution in [3.05, 3.63) is 41.5 Å². The minimum atomic E-state index is -3.80. The molecule has 1 fully saturated rings. The molecular formula is C17H16N4O4S2. The van der Waals surface area contributed by atoms with E-state index in [9.17, 15) is 13.2 Å². The number of nitrogens with one attached hydrogen (secondary N) is 2. The van der Waals surface area contributed by atoms with E-state index in [0.29, 0.717) is 33.9 Å². The second kappa shape index (κ2) is 6.78. The highest BCUT2D eigenvalue weighted by Crippen LogP contribution is 2.40. The summed E-state index contributed by atoms with van der Waals surface area (Å²) in [4.78, 5) is 16.1. The maximum Gasteiger partial charge on any atom is 0.270 e. The first-order valence-corrected chi connectivity index (χ1v) is 10.6. The standard InChI is InChI=1S/C17H16N4O4S2/c1-10(22)18-12-4-6-13(7-5-12)27(23,24)21-14-8-9-26-15(14)17-19-16(20-25-17)11-2-3-11/h4-9,11,21H,2-3H2,1H3,(H,18,22). The van der Waals surface area contributed by atoms with Crippen LogP contribution < -0.4 is 10.0 Å². The summed E-state index contributed by atoms with van der Waals surface area (Å²) in [5, 5.41) is 8.33. The number of benzene rings is 1. The first-order valence-electron chi connectivity index (χ1n) is 8.24. The van der Waals surface area contributed by atoms with Crippen LogP contribution in [0.2, 0.25) is 0 Å². The molecule has 0 atom stereocenters. The number of carbonyl (C=O) groups is 1. The lowest BCUT2D eigenvalue weighted by atomic mass is 10.3. The summed E-state index contributed by atoms with van der Waals surface area (Å²) < 4.78 is 33.2. The van der Waals surface area contributed by atoms with E-state index >= 15 is 0 Å². The van der Waals surface area contributed by atoms with E-state index in [1.165, 1.54) is 42.5 Å². The van der Waals surface area contributed by atoms with Crippen LogP contribution in [-0.4, -0.2) is 24.5 Å². The van der Waals surface area contributed by atoms with Gasteiger partial charge in [0.1, 0.15) is 4.88 Å². The van der Waals surface area contributed by atoms with Gasteiger partial charge in [-0.25, -0.2) is 8.42 Å². The number of thiophene rings is 1. The Labute approximate surface area is 159 Å². The van der Waals surface area contributed by atoms with E-state index in [4.69, 9.17) is 4.52 Å². The second-order valence-corrected chi connectivity index (χ2v) is 8.80. The molecule has 10 heteroatoms. The zero-order chi connectivity index (χ0) is 19.0. The molecule has 0 aliphatic heterocycles. The minimum absolute atomic E-state index is 0.0814. The van der Waals surface area contributed by atoms with E-state index in [-0.39, 0.29) is 10.8 Å². The first-order chi connectivity index (χ1) is 12.9. The molecule has 0 saturated heterocycles. The monoisotopic (exact) mass is 404 g/mol. The maximum absolute atomic E-state index is 12.7. The van der Waals surface area contributed by atoms with Crippen LogP contribution in [0.4, 0.5) is 11.4 Å². The SMILES string of the molecule is CC(=O)Nc1ccc(S(=O)(=O)Nc2ccsc2-c2nc(C3CC3)no2)cc1. The number of sulfonamides is 1. The molecule has 0 unspecified atom stereocenters. The molecule has 1 aliphatic rings. The van der Waals surface area contributed by atoms with Crippen molar-refractivity contribution < 1.29 is 17.7 Å². The Kier molecular flexibility index (Phi) is 4.44. The van der Waals surface area contributed by atoms with E-state index in [0.717, 1.165) is 12.8 Å². The fraction of sp³-hybridized carbons (Fsp3) is 0.235. The molecule has 2 aromatic heterocycles. The van der Waals surface area contributed by atoms with Crippen molar-refractivity contribution in [3.8, 4) is 10.8 Å². The molecule has 0 radical (unpaired) electrons. The van der Waals surface area contributed by atoms with E-state index in [1.54, 1.807) is 11.4 Å². The van der Waals surface area contributed by atoms with Gasteiger partial charge in [-0.15, -0.1) is 11.3 Å². The summed E-state index contributed by atoms with van der Waals surface area (Å²) in [5.41, 5.74) is 0.910. The van der Waals surface area contributed by atoms with Gasteiger partial charge < -0.3 is 9.84 Å². The molecule has 4 rings (SSSR count). The van der Waals surface area contributed by atoms with E-state index < -0.39 is 10.0 Å². The Morgan fingerprint density at radius 3 is 2.63 bits per heavy atom. The summed E-state index contributed by atoms with van der Waals surface area (Å²) >= 11 is 1.32. The van der Waals surface area contributed by atoms with E-state index in [2.05, 4.69) is 20.2 Å². The predicted molar refractivity (Wildman–Crippen MR) is 101 cm³/mol. The molecule has 1 amide bonds. The zero-order valence-electron chi connectivity index (χ0n) is 14.3. The number of hydrogen-bond donors (Lipinski definition) is 2. The van der Waals surface area contributed by atoms with Crippen molar-refractivity contribution in [2.45, 2.75) is 30.6 Å². The van der Waals surface area contributed by atoms with E-state index in [1.807, 2.05) is 0 Å². The predicted octanol–water partition coefficient (Wildman–Crippen LogP) is 3.43. The van der Waals surface area contributed by atoms with Crippen molar-refractivity contribution in [1.29, 1.82) is 0 Å². The van der Waals surface area contributed by atoms with Crippen molar-refractivity contribution in [3.63, 3.8) is 0 Å². The third-order valence-corrected chi connectivity index (χ3v) is 6.26. The molecule has 3 aromatic rings. The number of carbonyl (C=O) groups excluding carboxylic acids is 1. The summed E-state index contributed by atoms with van der Waals surface area (Å²) in [6.45, 7) is 1.39. The van der Waals surface area contributed by atoms with Crippen molar-refractivity contribution in [2.24, 2.45) is 0 Å². The van der Waals surface area contributed by atoms with Gasteiger partial charge in [0.15, 0.2) is 5.82 Å². The number of aromatic nitrogens is 2. The van der Waals surface area contributed by atoms with Crippen LogP contribution in [-0.2, 0) is 14.8 Å². The molecule has 2 N–H and O–H groups in total. The lowest BCUT2D eigenvalue weighted by molar-refractivity contribution is -0.114. The molecule has 1 aromatic carbocycles. The van der Waals surface area contributed by atoms with Gasteiger partial charge >= 0.3 is 0 Å². The van der Waals surface area contributed by atoms with Gasteiger partial charge in [0.2, 0.25) is 5.91 Å². The molecule has 8 nitrogen and oxygen atoms in total. The number of nitrogens with zero attached hydrogens (tertiary/aromatic N) is 2. The largest absolute Gasteiger partial charge is 0.333 e. The molecule has 2 heterocycles. The number of amides is 1. The van der Waals surface area contributed by atoms with Gasteiger partial charge in [-0.3, -0.25) is 9.52 Å². The van der Waals surface area contributed by atoms with Crippen LogP contribution in [0.1, 0.15) is 31.5 Å². The quantitative estimate of drug-likeness (QED) is 0.650. The number of rotatable bonds is 6. The summed E-state index contributed by atoms with van der Waals surface area (Å²) in [5.74, 6) is 1.10. The van der Waals surface area contributed by atoms with Crippen molar-refractivity contribution in [2.75, 3.05) is 10.0 Å². The smallest absolute Gasteiger partial charge is 0.270 e. The molecule has 1 saturated carbocycles. The maximum atomic E-state index is 12.7. The average molecular weight is 404 g/mol. The van der Waals surface area contributed by atoms with Crippen LogP contribution in [0.25, 0.3) is 10.8 Å². The highest BCUT2D eigenvalue weighted by atomic mass is 32.2. The summed E-state index contributed by atoms with van der Waals surface area (Å²) in [7, 11) is -3.80. The van der Waals surface area contributed by atoms with Crippen LogP contribution in [0, 0.1) is 0 Å². The fourth-order valence-corrected chi connectivity index (χ4v) is 4.42. The molecular weight excluding hydrogens is 388 g/mol. The highest BCUT2D eigenvalue weighted by molar-refractivity contribution is 7.92. The Morgan fingerprint density at radius 2 is 1.96 bits per heavy atom. The topological polar surface area (TPSA) is 114 Å². The third kappa shape index (κ3) is 3.86. The molecule has 0 bridgehead atoms. The second-order valence-electron chi connectivity index (χ2n) is 6.21. The van der Waals surface area contributed by atoms with Crippen LogP contribution >= 0.6 is 11.3 Å². The Balaban J connectivity index is 1.56. The lowest BCUT2D eigenvalue weighted by Crippen LogP contribution is -2.13. The lowest BCUT2D eigenvalue weighted by Gasteiger charge is -2.08. The summed E-state index contributed by atoms with van der Waals surface area (Å²) in [6, 6.07) is 7.58. The molecule has 140 valence electrons. The van der Waals surface area contributed by atoms with Crippen molar-refractivity contribution in [1.82, 2.24) is 10.1 Å². The third-order valence-electron chi connectivity index (χ3n) is 3.97. The molecule has 0 spiro atoms. The minimum Gasteiger partial charge on any atom is -0.333 e. The van der Waals surface area contributed by atoms with Gasteiger partial charge in [0, 0.05) is 18.5 Å². The number of anilines is 2. The van der Waals surface area contributed by atoms with Gasteiger partial charge in [0.25, 0.3) is 15.9 Å². The summed E-state index contributed by atoms with van der Waals surface area (Å²) in [6.07, 6.45) is 2.11. The Morgan fingerprint density at radius 1 is 1.22 bits per heavy atom. The van der Waals surface area contributed by atoms with Gasteiger partial charge in [-0.05, 0) is 48.6 Å². The van der Waals surface area contributed by atoms with Gasteiger partial charge in [-0.2, -0.15) is 4.98 Å². The average Bonchev–Trinajstić information content (AvgIpc) is 3.17. The Bertz CT molecular complexity index is 1080. The fourth-order valence-electron chi connectivity index (χ4n) is 2.51. The first kappa shape index (κ1) is 17.7. The molecule has 1 aliphatic carbocycles. The normalized spacial score (nSPS) is 14.1. The Hall–Kier alpha value is -2.72. The molecule has 27 heavy (non-hydrogen) atoms. The highest BCUT2D eigenvalue weighted by Gasteiger charge is 2.30. The van der Waals surface area contributed by atoms with Gasteiger partial charge in [0.05, 0.1) is 10.6 Å². The van der Waals surface area contributed by atoms with Crippen LogP contribution in [0.5, 0.6) is 0 Å². The van der Waals surface area contributed by atoms with Gasteiger partial charge in [-0.1, -0.05) is 5.16 Å².